The minimum Gasteiger partial charge on any atom is -0.207 e. The third kappa shape index (κ3) is 7.90. The molecule has 25 heavy (non-hydrogen) atoms. The molecule has 3 heteroatoms. The molecule has 0 heterocycles. The highest BCUT2D eigenvalue weighted by Gasteiger charge is 2.08. The van der Waals surface area contributed by atoms with Crippen LogP contribution in [0.15, 0.2) is 109 Å². The topological polar surface area (TPSA) is 0 Å². The van der Waals surface area contributed by atoms with Crippen molar-refractivity contribution in [2.45, 2.75) is 13.8 Å². The zero-order chi connectivity index (χ0) is 19.7. The smallest absolute Gasteiger partial charge is 0.174 e. The average molecular weight is 342 g/mol. The van der Waals surface area contributed by atoms with Crippen LogP contribution in [0.1, 0.15) is 13.8 Å². The summed E-state index contributed by atoms with van der Waals surface area (Å²) < 4.78 is 40.4. The van der Waals surface area contributed by atoms with Crippen molar-refractivity contribution in [2.24, 2.45) is 0 Å². The van der Waals surface area contributed by atoms with Gasteiger partial charge in [0.05, 0.1) is 5.57 Å². The van der Waals surface area contributed by atoms with E-state index in [-0.39, 0.29) is 16.7 Å². The maximum atomic E-state index is 13.6. The van der Waals surface area contributed by atoms with Crippen molar-refractivity contribution in [3.63, 3.8) is 0 Å². The van der Waals surface area contributed by atoms with Crippen LogP contribution in [0.25, 0.3) is 0 Å². The van der Waals surface area contributed by atoms with Gasteiger partial charge in [-0.3, -0.25) is 0 Å². The van der Waals surface area contributed by atoms with Gasteiger partial charge in [-0.25, -0.2) is 13.2 Å². The van der Waals surface area contributed by atoms with Crippen molar-refractivity contribution >= 4 is 0 Å². The summed E-state index contributed by atoms with van der Waals surface area (Å²) in [6.07, 6.45) is 4.24. The molecule has 0 saturated heterocycles. The molecule has 0 amide bonds. The molecule has 130 valence electrons. The lowest BCUT2D eigenvalue weighted by molar-refractivity contribution is 0.560. The van der Waals surface area contributed by atoms with Crippen LogP contribution >= 0.6 is 0 Å². The van der Waals surface area contributed by atoms with E-state index in [9.17, 15) is 13.2 Å². The Bertz CT molecular complexity index is 800. The van der Waals surface area contributed by atoms with Gasteiger partial charge in [-0.15, -0.1) is 0 Å². The maximum absolute atomic E-state index is 13.6. The van der Waals surface area contributed by atoms with Gasteiger partial charge in [0.2, 0.25) is 0 Å². The molecule has 0 N–H and O–H groups in total. The Morgan fingerprint density at radius 2 is 1.28 bits per heavy atom. The second kappa shape index (κ2) is 10.00. The molecule has 0 aliphatic carbocycles. The summed E-state index contributed by atoms with van der Waals surface area (Å²) in [4.78, 5) is 0. The molecule has 0 aromatic rings. The summed E-state index contributed by atoms with van der Waals surface area (Å²) in [5, 5.41) is 0. The van der Waals surface area contributed by atoms with Crippen molar-refractivity contribution in [1.29, 1.82) is 0 Å². The van der Waals surface area contributed by atoms with Gasteiger partial charge < -0.3 is 0 Å². The first-order valence-corrected chi connectivity index (χ1v) is 7.18. The standard InChI is InChI=1S/C22H21F3/c1-14(2)20(23)13-19(8)17(6)11-9-16(5)10-12-18(7)22(25)21(24)15(3)4/h9,11,13H,1,3,5-8H2,2,4H3/b11-9-,20-13+,22-21-. The van der Waals surface area contributed by atoms with Gasteiger partial charge in [0.15, 0.2) is 11.7 Å². The molecular formula is C22H21F3. The summed E-state index contributed by atoms with van der Waals surface area (Å²) in [6.45, 7) is 24.1. The van der Waals surface area contributed by atoms with Crippen molar-refractivity contribution in [1.82, 2.24) is 0 Å². The fourth-order valence-corrected chi connectivity index (χ4v) is 1.25. The van der Waals surface area contributed by atoms with E-state index < -0.39 is 17.5 Å². The largest absolute Gasteiger partial charge is 0.207 e. The van der Waals surface area contributed by atoms with Gasteiger partial charge >= 0.3 is 0 Å². The third-order valence-electron chi connectivity index (χ3n) is 2.81. The van der Waals surface area contributed by atoms with Gasteiger partial charge in [0.1, 0.15) is 5.83 Å². The summed E-state index contributed by atoms with van der Waals surface area (Å²) >= 11 is 0. The molecule has 0 nitrogen and oxygen atoms in total. The quantitative estimate of drug-likeness (QED) is 0.348. The fraction of sp³-hybridized carbons (Fsp3) is 0.0909. The lowest BCUT2D eigenvalue weighted by Gasteiger charge is -2.00. The summed E-state index contributed by atoms with van der Waals surface area (Å²) in [7, 11) is 0. The van der Waals surface area contributed by atoms with Crippen LogP contribution in [-0.2, 0) is 0 Å². The lowest BCUT2D eigenvalue weighted by Crippen LogP contribution is -1.85. The van der Waals surface area contributed by atoms with Crippen molar-refractivity contribution < 1.29 is 13.2 Å². The monoisotopic (exact) mass is 342 g/mol. The van der Waals surface area contributed by atoms with E-state index in [1.54, 1.807) is 0 Å². The van der Waals surface area contributed by atoms with Crippen LogP contribution < -0.4 is 0 Å². The zero-order valence-electron chi connectivity index (χ0n) is 14.6. The molecule has 0 aliphatic heterocycles. The number of rotatable bonds is 7. The minimum absolute atomic E-state index is 0.0518. The molecule has 0 spiro atoms. The Balaban J connectivity index is 5.05. The number of hydrogen-bond donors (Lipinski definition) is 0. The van der Waals surface area contributed by atoms with E-state index in [0.717, 1.165) is 0 Å². The van der Waals surface area contributed by atoms with E-state index in [1.165, 1.54) is 32.1 Å². The van der Waals surface area contributed by atoms with E-state index in [4.69, 9.17) is 0 Å². The van der Waals surface area contributed by atoms with Crippen LogP contribution in [0.2, 0.25) is 0 Å². The highest BCUT2D eigenvalue weighted by molar-refractivity contribution is 5.51. The molecule has 0 aromatic carbocycles. The molecule has 0 aromatic heterocycles. The highest BCUT2D eigenvalue weighted by atomic mass is 19.2. The number of hydrogen-bond acceptors (Lipinski definition) is 0. The Morgan fingerprint density at radius 1 is 0.720 bits per heavy atom. The molecule has 0 atom stereocenters. The van der Waals surface area contributed by atoms with Crippen molar-refractivity contribution in [2.75, 3.05) is 0 Å². The predicted octanol–water partition coefficient (Wildman–Crippen LogP) is 6.93. The highest BCUT2D eigenvalue weighted by Crippen LogP contribution is 2.21. The molecule has 0 rings (SSSR count). The molecule has 0 bridgehead atoms. The van der Waals surface area contributed by atoms with E-state index in [2.05, 4.69) is 51.3 Å². The first kappa shape index (κ1) is 22.0. The van der Waals surface area contributed by atoms with Gasteiger partial charge in [0.25, 0.3) is 0 Å². The van der Waals surface area contributed by atoms with Crippen molar-refractivity contribution in [3.05, 3.63) is 109 Å². The van der Waals surface area contributed by atoms with Gasteiger partial charge in [-0.05, 0) is 48.3 Å². The van der Waals surface area contributed by atoms with Crippen LogP contribution in [0.3, 0.4) is 0 Å². The number of halogens is 3. The average Bonchev–Trinajstić information content (AvgIpc) is 2.55. The third-order valence-corrected chi connectivity index (χ3v) is 2.81. The second-order valence-electron chi connectivity index (χ2n) is 5.32. The lowest BCUT2D eigenvalue weighted by atomic mass is 10.1. The van der Waals surface area contributed by atoms with Crippen molar-refractivity contribution in [3.8, 4) is 11.8 Å². The maximum Gasteiger partial charge on any atom is 0.174 e. The molecular weight excluding hydrogens is 321 g/mol. The Morgan fingerprint density at radius 3 is 1.76 bits per heavy atom. The fourth-order valence-electron chi connectivity index (χ4n) is 1.25. The summed E-state index contributed by atoms with van der Waals surface area (Å²) in [6, 6.07) is 0. The molecule has 0 aliphatic rings. The van der Waals surface area contributed by atoms with Crippen LogP contribution in [0.4, 0.5) is 13.2 Å². The van der Waals surface area contributed by atoms with E-state index in [0.29, 0.717) is 16.7 Å². The van der Waals surface area contributed by atoms with E-state index in [1.807, 2.05) is 0 Å². The summed E-state index contributed by atoms with van der Waals surface area (Å²) in [5.74, 6) is 2.17. The van der Waals surface area contributed by atoms with E-state index >= 15 is 0 Å². The molecule has 0 radical (unpaired) electrons. The predicted molar refractivity (Wildman–Crippen MR) is 102 cm³/mol. The van der Waals surface area contributed by atoms with Gasteiger partial charge in [-0.2, -0.15) is 0 Å². The molecule has 0 saturated carbocycles. The van der Waals surface area contributed by atoms with Gasteiger partial charge in [-0.1, -0.05) is 57.4 Å². The SMILES string of the molecule is C=C(C#CC(=C)/C(F)=C(/F)C(=C)C)/C=C\C(=C)C(=C)/C=C(/F)C(=C)C. The summed E-state index contributed by atoms with van der Waals surface area (Å²) in [5.41, 5.74) is 1.03. The molecule has 0 fully saturated rings. The van der Waals surface area contributed by atoms with Crippen LogP contribution in [0.5, 0.6) is 0 Å². The van der Waals surface area contributed by atoms with Crippen LogP contribution in [-0.4, -0.2) is 0 Å². The first-order valence-electron chi connectivity index (χ1n) is 7.18. The first-order chi connectivity index (χ1) is 11.5. The van der Waals surface area contributed by atoms with Crippen LogP contribution in [0, 0.1) is 11.8 Å². The normalized spacial score (nSPS) is 12.0. The zero-order valence-corrected chi connectivity index (χ0v) is 14.6. The number of allylic oxidation sites excluding steroid dienone is 12. The van der Waals surface area contributed by atoms with Gasteiger partial charge in [0, 0.05) is 5.57 Å². The Labute approximate surface area is 148 Å². The Hall–Kier alpha value is -2.99. The Kier molecular flexibility index (Phi) is 8.80. The minimum atomic E-state index is -1.16. The second-order valence-corrected chi connectivity index (χ2v) is 5.32. The molecule has 0 unspecified atom stereocenters.